The Balaban J connectivity index is 3.32. The summed E-state index contributed by atoms with van der Waals surface area (Å²) >= 11 is 11.8. The smallest absolute Gasteiger partial charge is 0.415 e. The molecule has 0 amide bonds. The van der Waals surface area contributed by atoms with Gasteiger partial charge in [-0.25, -0.2) is 8.78 Å². The van der Waals surface area contributed by atoms with Crippen LogP contribution in [0.3, 0.4) is 0 Å². The summed E-state index contributed by atoms with van der Waals surface area (Å²) in [7, 11) is -9.43. The Morgan fingerprint density at radius 2 is 1.15 bits per heavy atom. The van der Waals surface area contributed by atoms with Crippen LogP contribution in [0.15, 0.2) is 0 Å². The molecule has 1 fully saturated rings. The van der Waals surface area contributed by atoms with Crippen molar-refractivity contribution in [3.05, 3.63) is 0 Å². The van der Waals surface area contributed by atoms with Crippen LogP contribution < -0.4 is 0 Å². The van der Waals surface area contributed by atoms with Crippen LogP contribution >= 0.6 is 23.2 Å². The molecule has 0 saturated carbocycles. The van der Waals surface area contributed by atoms with Crippen LogP contribution in [-0.4, -0.2) is 36.2 Å². The Kier molecular flexibility index (Phi) is 6.69. The molecule has 0 aliphatic carbocycles. The van der Waals surface area contributed by atoms with E-state index in [4.69, 9.17) is 35.5 Å². The molecular formula is C10H22Cl2F2O3Si3. The molecule has 0 spiro atoms. The van der Waals surface area contributed by atoms with Gasteiger partial charge in [-0.1, -0.05) is 27.7 Å². The standard InChI is InChI=1S/C10H22Cl2F2O3Si3/c1-5-18(6-2)15-19(7-3,8-4)17-20(16-18,9(11)12)10(13)14/h9-10H,5-8H2,1-4H3. The summed E-state index contributed by atoms with van der Waals surface area (Å²) in [5.74, 6) is 0. The van der Waals surface area contributed by atoms with E-state index in [0.717, 1.165) is 0 Å². The molecule has 1 saturated heterocycles. The highest BCUT2D eigenvalue weighted by atomic mass is 35.5. The Morgan fingerprint density at radius 1 is 0.800 bits per heavy atom. The van der Waals surface area contributed by atoms with Crippen LogP contribution in [0.5, 0.6) is 0 Å². The van der Waals surface area contributed by atoms with Gasteiger partial charge in [0.1, 0.15) is 0 Å². The second kappa shape index (κ2) is 7.03. The van der Waals surface area contributed by atoms with Crippen LogP contribution in [0, 0.1) is 0 Å². The van der Waals surface area contributed by atoms with Gasteiger partial charge in [0.15, 0.2) is 4.46 Å². The zero-order valence-electron chi connectivity index (χ0n) is 12.2. The van der Waals surface area contributed by atoms with Crippen molar-refractivity contribution in [1.82, 2.24) is 0 Å². The lowest BCUT2D eigenvalue weighted by molar-refractivity contribution is 0.124. The van der Waals surface area contributed by atoms with Crippen molar-refractivity contribution in [3.63, 3.8) is 0 Å². The van der Waals surface area contributed by atoms with E-state index in [0.29, 0.717) is 24.2 Å². The third kappa shape index (κ3) is 3.32. The number of hydrogen-bond donors (Lipinski definition) is 0. The molecule has 0 N–H and O–H groups in total. The molecule has 10 heteroatoms. The van der Waals surface area contributed by atoms with Crippen molar-refractivity contribution >= 4 is 48.9 Å². The summed E-state index contributed by atoms with van der Waals surface area (Å²) in [6, 6.07) is -0.373. The SMILES string of the molecule is CC[Si]1(CC)O[Si](CC)(CC)O[Si](C(F)F)(C(Cl)Cl)O1. The van der Waals surface area contributed by atoms with Crippen molar-refractivity contribution in [2.24, 2.45) is 0 Å². The lowest BCUT2D eigenvalue weighted by Crippen LogP contribution is -2.74. The quantitative estimate of drug-likeness (QED) is 0.495. The van der Waals surface area contributed by atoms with Gasteiger partial charge < -0.3 is 12.3 Å². The van der Waals surface area contributed by atoms with Crippen molar-refractivity contribution in [2.75, 3.05) is 0 Å². The molecule has 0 atom stereocenters. The van der Waals surface area contributed by atoms with E-state index in [9.17, 15) is 8.78 Å². The molecule has 120 valence electrons. The largest absolute Gasteiger partial charge is 0.425 e. The van der Waals surface area contributed by atoms with Crippen LogP contribution in [0.2, 0.25) is 24.2 Å². The Hall–Kier alpha value is 0.971. The van der Waals surface area contributed by atoms with E-state index in [2.05, 4.69) is 0 Å². The van der Waals surface area contributed by atoms with E-state index in [-0.39, 0.29) is 0 Å². The first-order valence-corrected chi connectivity index (χ1v) is 14.2. The molecular weight excluding hydrogens is 361 g/mol. The molecule has 0 radical (unpaired) electrons. The monoisotopic (exact) mass is 382 g/mol. The summed E-state index contributed by atoms with van der Waals surface area (Å²) in [5.41, 5.74) is 0. The summed E-state index contributed by atoms with van der Waals surface area (Å²) in [5, 5.41) is 0. The van der Waals surface area contributed by atoms with Gasteiger partial charge in [0.05, 0.1) is 0 Å². The number of alkyl halides is 4. The first kappa shape index (κ1) is 19.0. The average Bonchev–Trinajstić information content (AvgIpc) is 2.45. The van der Waals surface area contributed by atoms with Gasteiger partial charge in [0, 0.05) is 0 Å². The fraction of sp³-hybridized carbons (Fsp3) is 1.00. The molecule has 1 heterocycles. The Labute approximate surface area is 132 Å². The van der Waals surface area contributed by atoms with Crippen molar-refractivity contribution in [1.29, 1.82) is 0 Å². The molecule has 20 heavy (non-hydrogen) atoms. The topological polar surface area (TPSA) is 27.7 Å². The van der Waals surface area contributed by atoms with Gasteiger partial charge in [-0.3, -0.25) is 0 Å². The van der Waals surface area contributed by atoms with Gasteiger partial charge >= 0.3 is 25.7 Å². The molecule has 0 bridgehead atoms. The maximum atomic E-state index is 13.7. The Morgan fingerprint density at radius 3 is 1.35 bits per heavy atom. The highest BCUT2D eigenvalue weighted by Crippen LogP contribution is 2.43. The molecule has 1 aliphatic rings. The van der Waals surface area contributed by atoms with E-state index < -0.39 is 36.2 Å². The minimum absolute atomic E-state index is 0.601. The highest BCUT2D eigenvalue weighted by molar-refractivity contribution is 7.00. The molecule has 0 aromatic carbocycles. The van der Waals surface area contributed by atoms with E-state index in [1.54, 1.807) is 0 Å². The van der Waals surface area contributed by atoms with Crippen molar-refractivity contribution in [2.45, 2.75) is 62.4 Å². The van der Waals surface area contributed by atoms with Crippen molar-refractivity contribution in [3.8, 4) is 0 Å². The van der Waals surface area contributed by atoms with Crippen molar-refractivity contribution < 1.29 is 21.1 Å². The molecule has 0 unspecified atom stereocenters. The number of halogens is 4. The maximum Gasteiger partial charge on any atom is 0.425 e. The minimum Gasteiger partial charge on any atom is -0.415 e. The zero-order chi connectivity index (χ0) is 15.6. The van der Waals surface area contributed by atoms with Gasteiger partial charge in [-0.2, -0.15) is 0 Å². The van der Waals surface area contributed by atoms with E-state index in [1.807, 2.05) is 27.7 Å². The fourth-order valence-electron chi connectivity index (χ4n) is 2.33. The van der Waals surface area contributed by atoms with Crippen LogP contribution in [0.1, 0.15) is 27.7 Å². The van der Waals surface area contributed by atoms with E-state index in [1.165, 1.54) is 0 Å². The van der Waals surface area contributed by atoms with Gasteiger partial charge in [0.2, 0.25) is 0 Å². The molecule has 0 aromatic rings. The molecule has 1 aliphatic heterocycles. The third-order valence-corrected chi connectivity index (χ3v) is 19.7. The second-order valence-electron chi connectivity index (χ2n) is 4.86. The van der Waals surface area contributed by atoms with Crippen LogP contribution in [0.4, 0.5) is 8.78 Å². The van der Waals surface area contributed by atoms with Gasteiger partial charge in [-0.15, -0.1) is 23.2 Å². The summed E-state index contributed by atoms with van der Waals surface area (Å²) < 4.78 is 43.9. The molecule has 0 aromatic heterocycles. The molecule has 1 rings (SSSR count). The zero-order valence-corrected chi connectivity index (χ0v) is 16.7. The Bertz CT molecular complexity index is 299. The lowest BCUT2D eigenvalue weighted by Gasteiger charge is -2.52. The minimum atomic E-state index is -4.00. The maximum absolute atomic E-state index is 13.7. The first-order valence-electron chi connectivity index (χ1n) is 6.92. The number of rotatable bonds is 6. The van der Waals surface area contributed by atoms with E-state index >= 15 is 0 Å². The lowest BCUT2D eigenvalue weighted by atomic mass is 10.9. The predicted molar refractivity (Wildman–Crippen MR) is 83.9 cm³/mol. The average molecular weight is 383 g/mol. The van der Waals surface area contributed by atoms with Crippen LogP contribution in [-0.2, 0) is 12.3 Å². The number of hydrogen-bond acceptors (Lipinski definition) is 3. The third-order valence-electron chi connectivity index (χ3n) is 3.83. The fourth-order valence-corrected chi connectivity index (χ4v) is 20.7. The predicted octanol–water partition coefficient (Wildman–Crippen LogP) is 4.60. The van der Waals surface area contributed by atoms with Gasteiger partial charge in [-0.05, 0) is 24.2 Å². The highest BCUT2D eigenvalue weighted by Gasteiger charge is 2.67. The normalized spacial score (nSPS) is 24.3. The first-order chi connectivity index (χ1) is 9.25. The summed E-state index contributed by atoms with van der Waals surface area (Å²) in [6.45, 7) is 7.64. The van der Waals surface area contributed by atoms with Gasteiger partial charge in [0.25, 0.3) is 6.05 Å². The summed E-state index contributed by atoms with van der Waals surface area (Å²) in [4.78, 5) is 0. The van der Waals surface area contributed by atoms with Crippen LogP contribution in [0.25, 0.3) is 0 Å². The second-order valence-corrected chi connectivity index (χ2v) is 18.1. The summed E-state index contributed by atoms with van der Waals surface area (Å²) in [6.07, 6.45) is 0. The molecule has 3 nitrogen and oxygen atoms in total.